The number of hydrogen-bond donors (Lipinski definition) is 1. The molecule has 4 rings (SSSR count). The number of aliphatic hydroxyl groups is 1. The first-order chi connectivity index (χ1) is 17.2. The van der Waals surface area contributed by atoms with Gasteiger partial charge in [0.15, 0.2) is 0 Å². The second kappa shape index (κ2) is 12.6. The Balaban J connectivity index is 1.27. The summed E-state index contributed by atoms with van der Waals surface area (Å²) < 4.78 is 11.0. The molecule has 0 bridgehead atoms. The summed E-state index contributed by atoms with van der Waals surface area (Å²) in [5.41, 5.74) is 4.33. The quantitative estimate of drug-likeness (QED) is 0.544. The fourth-order valence-corrected chi connectivity index (χ4v) is 4.76. The van der Waals surface area contributed by atoms with Crippen LogP contribution in [0.4, 0.5) is 5.69 Å². The van der Waals surface area contributed by atoms with Crippen molar-refractivity contribution in [2.24, 2.45) is 5.16 Å². The Bertz CT molecular complexity index is 1010. The van der Waals surface area contributed by atoms with Crippen molar-refractivity contribution < 1.29 is 19.4 Å². The third-order valence-corrected chi connectivity index (χ3v) is 6.66. The summed E-state index contributed by atoms with van der Waals surface area (Å²) in [6.45, 7) is 4.33. The van der Waals surface area contributed by atoms with Gasteiger partial charge in [-0.2, -0.15) is 0 Å². The molecule has 2 aromatic rings. The number of piperazine rings is 1. The van der Waals surface area contributed by atoms with Crippen LogP contribution in [0.15, 0.2) is 59.3 Å². The summed E-state index contributed by atoms with van der Waals surface area (Å²) in [5.74, 6) is 1.75. The number of hydrogen-bond acceptors (Lipinski definition) is 7. The van der Waals surface area contributed by atoms with E-state index >= 15 is 0 Å². The zero-order valence-corrected chi connectivity index (χ0v) is 20.9. The fourth-order valence-electron chi connectivity index (χ4n) is 4.76. The predicted molar refractivity (Wildman–Crippen MR) is 140 cm³/mol. The minimum atomic E-state index is -0.581. The van der Waals surface area contributed by atoms with Crippen molar-refractivity contribution in [3.05, 3.63) is 59.7 Å². The summed E-state index contributed by atoms with van der Waals surface area (Å²) in [7, 11) is 3.40. The van der Waals surface area contributed by atoms with Gasteiger partial charge in [0.2, 0.25) is 0 Å². The number of para-hydroxylation sites is 3. The van der Waals surface area contributed by atoms with Gasteiger partial charge in [-0.15, -0.1) is 0 Å². The van der Waals surface area contributed by atoms with E-state index < -0.39 is 6.10 Å². The number of rotatable bonds is 9. The van der Waals surface area contributed by atoms with E-state index in [0.29, 0.717) is 6.54 Å². The highest BCUT2D eigenvalue weighted by Crippen LogP contribution is 2.29. The Morgan fingerprint density at radius 1 is 0.914 bits per heavy atom. The van der Waals surface area contributed by atoms with E-state index in [1.54, 1.807) is 14.2 Å². The Hall–Kier alpha value is -3.03. The maximum absolute atomic E-state index is 10.6. The number of ether oxygens (including phenoxy) is 2. The molecule has 0 spiro atoms. The maximum atomic E-state index is 10.6. The third-order valence-electron chi connectivity index (χ3n) is 6.66. The van der Waals surface area contributed by atoms with E-state index in [4.69, 9.17) is 14.3 Å². The van der Waals surface area contributed by atoms with Crippen molar-refractivity contribution >= 4 is 17.5 Å². The number of aliphatic hydroxyl groups excluding tert-OH is 1. The molecule has 7 heteroatoms. The van der Waals surface area contributed by atoms with Crippen molar-refractivity contribution in [1.82, 2.24) is 4.90 Å². The monoisotopic (exact) mass is 479 g/mol. The molecule has 1 aliphatic carbocycles. The van der Waals surface area contributed by atoms with Gasteiger partial charge in [0.1, 0.15) is 24.2 Å². The van der Waals surface area contributed by atoms with Crippen molar-refractivity contribution in [1.29, 1.82) is 0 Å². The SMILES string of the molecule is COc1ccccc1/C=C1\CCCC\C1=N/OCC(O)CN1CCN(c2ccccc2OC)CC1. The Morgan fingerprint density at radius 2 is 1.60 bits per heavy atom. The molecule has 1 N–H and O–H groups in total. The van der Waals surface area contributed by atoms with Crippen LogP contribution in [-0.4, -0.2) is 75.4 Å². The van der Waals surface area contributed by atoms with Gasteiger partial charge >= 0.3 is 0 Å². The summed E-state index contributed by atoms with van der Waals surface area (Å²) in [5, 5.41) is 15.0. The second-order valence-corrected chi connectivity index (χ2v) is 9.07. The fraction of sp³-hybridized carbons (Fsp3) is 0.464. The summed E-state index contributed by atoms with van der Waals surface area (Å²) >= 11 is 0. The first-order valence-electron chi connectivity index (χ1n) is 12.5. The molecule has 0 aromatic heterocycles. The number of benzene rings is 2. The lowest BCUT2D eigenvalue weighted by Crippen LogP contribution is -2.49. The van der Waals surface area contributed by atoms with Crippen LogP contribution < -0.4 is 14.4 Å². The number of anilines is 1. The first-order valence-corrected chi connectivity index (χ1v) is 12.5. The molecular weight excluding hydrogens is 442 g/mol. The normalized spacial score (nSPS) is 20.1. The topological polar surface area (TPSA) is 66.8 Å². The van der Waals surface area contributed by atoms with Gasteiger partial charge in [-0.1, -0.05) is 35.5 Å². The number of methoxy groups -OCH3 is 2. The highest BCUT2D eigenvalue weighted by Gasteiger charge is 2.22. The molecule has 1 saturated carbocycles. The van der Waals surface area contributed by atoms with Crippen LogP contribution >= 0.6 is 0 Å². The molecule has 1 saturated heterocycles. The van der Waals surface area contributed by atoms with Gasteiger partial charge in [0.05, 0.1) is 25.6 Å². The Labute approximate surface area is 208 Å². The molecule has 188 valence electrons. The summed E-state index contributed by atoms with van der Waals surface area (Å²) in [6.07, 6.45) is 5.68. The summed E-state index contributed by atoms with van der Waals surface area (Å²) in [6, 6.07) is 16.1. The minimum absolute atomic E-state index is 0.193. The van der Waals surface area contributed by atoms with Crippen molar-refractivity contribution in [2.45, 2.75) is 31.8 Å². The summed E-state index contributed by atoms with van der Waals surface area (Å²) in [4.78, 5) is 10.2. The predicted octanol–water partition coefficient (Wildman–Crippen LogP) is 4.22. The van der Waals surface area contributed by atoms with Crippen LogP contribution in [-0.2, 0) is 4.84 Å². The van der Waals surface area contributed by atoms with E-state index in [9.17, 15) is 5.11 Å². The molecule has 0 amide bonds. The van der Waals surface area contributed by atoms with E-state index in [1.165, 1.54) is 5.57 Å². The van der Waals surface area contributed by atoms with Crippen LogP contribution in [0.1, 0.15) is 31.2 Å². The average molecular weight is 480 g/mol. The lowest BCUT2D eigenvalue weighted by atomic mass is 9.91. The smallest absolute Gasteiger partial charge is 0.144 e. The Kier molecular flexibility index (Phi) is 9.03. The molecule has 1 atom stereocenters. The number of nitrogens with zero attached hydrogens (tertiary/aromatic N) is 3. The third kappa shape index (κ3) is 6.77. The molecule has 1 unspecified atom stereocenters. The molecule has 1 heterocycles. The van der Waals surface area contributed by atoms with Crippen LogP contribution in [0, 0.1) is 0 Å². The molecule has 2 fully saturated rings. The van der Waals surface area contributed by atoms with Crippen molar-refractivity contribution in [3.8, 4) is 11.5 Å². The maximum Gasteiger partial charge on any atom is 0.144 e. The largest absolute Gasteiger partial charge is 0.496 e. The molecule has 0 radical (unpaired) electrons. The van der Waals surface area contributed by atoms with Crippen LogP contribution in [0.5, 0.6) is 11.5 Å². The zero-order valence-electron chi connectivity index (χ0n) is 20.9. The highest BCUT2D eigenvalue weighted by atomic mass is 16.6. The van der Waals surface area contributed by atoms with E-state index in [2.05, 4.69) is 33.2 Å². The van der Waals surface area contributed by atoms with E-state index in [-0.39, 0.29) is 6.61 Å². The highest BCUT2D eigenvalue weighted by molar-refractivity contribution is 6.04. The first kappa shape index (κ1) is 25.1. The lowest BCUT2D eigenvalue weighted by molar-refractivity contribution is 0.0179. The average Bonchev–Trinajstić information content (AvgIpc) is 2.90. The van der Waals surface area contributed by atoms with E-state index in [1.807, 2.05) is 36.4 Å². The molecule has 2 aliphatic rings. The standard InChI is InChI=1S/C28H37N3O4/c1-33-27-13-7-4-10-23(27)19-22-9-3-5-11-25(22)29-35-21-24(32)20-30-15-17-31(18-16-30)26-12-6-8-14-28(26)34-2/h4,6-8,10,12-14,19,24,32H,3,5,9,11,15-18,20-21H2,1-2H3/b22-19+,29-25+. The van der Waals surface area contributed by atoms with Gasteiger partial charge < -0.3 is 24.3 Å². The van der Waals surface area contributed by atoms with Crippen LogP contribution in [0.2, 0.25) is 0 Å². The molecular formula is C28H37N3O4. The molecule has 1 aliphatic heterocycles. The van der Waals surface area contributed by atoms with Gasteiger partial charge in [-0.3, -0.25) is 4.90 Å². The van der Waals surface area contributed by atoms with E-state index in [0.717, 1.165) is 80.3 Å². The molecule has 2 aromatic carbocycles. The molecule has 35 heavy (non-hydrogen) atoms. The number of oxime groups is 1. The molecule has 7 nitrogen and oxygen atoms in total. The van der Waals surface area contributed by atoms with Crippen LogP contribution in [0.25, 0.3) is 6.08 Å². The number of allylic oxidation sites excluding steroid dienone is 1. The second-order valence-electron chi connectivity index (χ2n) is 9.07. The van der Waals surface area contributed by atoms with Crippen LogP contribution in [0.3, 0.4) is 0 Å². The van der Waals surface area contributed by atoms with Gasteiger partial charge in [-0.25, -0.2) is 0 Å². The van der Waals surface area contributed by atoms with Crippen molar-refractivity contribution in [2.75, 3.05) is 58.5 Å². The Morgan fingerprint density at radius 3 is 2.37 bits per heavy atom. The number of β-amino-alcohol motifs (C(OH)–C–C–N with tert-alkyl or cyclic N) is 1. The van der Waals surface area contributed by atoms with Gasteiger partial charge in [0, 0.05) is 38.3 Å². The zero-order chi connectivity index (χ0) is 24.5. The van der Waals surface area contributed by atoms with Gasteiger partial charge in [-0.05, 0) is 55.5 Å². The lowest BCUT2D eigenvalue weighted by Gasteiger charge is -2.37. The minimum Gasteiger partial charge on any atom is -0.496 e. The van der Waals surface area contributed by atoms with Gasteiger partial charge in [0.25, 0.3) is 0 Å². The van der Waals surface area contributed by atoms with Crippen molar-refractivity contribution in [3.63, 3.8) is 0 Å².